The van der Waals surface area contributed by atoms with Crippen LogP contribution in [0.15, 0.2) is 6.07 Å². The molecule has 0 atom stereocenters. The summed E-state index contributed by atoms with van der Waals surface area (Å²) in [5.74, 6) is 0.840. The van der Waals surface area contributed by atoms with Gasteiger partial charge in [0.25, 0.3) is 0 Å². The second kappa shape index (κ2) is 6.75. The lowest BCUT2D eigenvalue weighted by molar-refractivity contribution is 0.227. The fourth-order valence-corrected chi connectivity index (χ4v) is 5.65. The van der Waals surface area contributed by atoms with E-state index in [2.05, 4.69) is 61.6 Å². The molecule has 0 bridgehead atoms. The molecule has 1 saturated carbocycles. The van der Waals surface area contributed by atoms with Crippen LogP contribution in [0.4, 0.5) is 0 Å². The fraction of sp³-hybridized carbons (Fsp3) is 0.800. The van der Waals surface area contributed by atoms with Gasteiger partial charge in [-0.25, -0.2) is 0 Å². The molecule has 0 aliphatic heterocycles. The molecule has 1 heterocycles. The molecule has 1 aliphatic rings. The van der Waals surface area contributed by atoms with Crippen LogP contribution in [0.2, 0.25) is 0 Å². The average Bonchev–Trinajstić information content (AvgIpc) is 3.05. The minimum absolute atomic E-state index is 0.343. The second-order valence-electron chi connectivity index (χ2n) is 5.88. The van der Waals surface area contributed by atoms with E-state index in [1.807, 2.05) is 0 Å². The van der Waals surface area contributed by atoms with Crippen molar-refractivity contribution in [1.29, 1.82) is 0 Å². The molecule has 1 aromatic heterocycles. The van der Waals surface area contributed by atoms with Gasteiger partial charge in [-0.2, -0.15) is 5.10 Å². The van der Waals surface area contributed by atoms with E-state index < -0.39 is 0 Å². The van der Waals surface area contributed by atoms with Crippen molar-refractivity contribution in [3.63, 3.8) is 0 Å². The summed E-state index contributed by atoms with van der Waals surface area (Å²) in [7, 11) is 0. The minimum atomic E-state index is 0.343. The Balaban J connectivity index is 2.24. The molecule has 0 saturated heterocycles. The van der Waals surface area contributed by atoms with Gasteiger partial charge in [0, 0.05) is 22.9 Å². The van der Waals surface area contributed by atoms with Gasteiger partial charge < -0.3 is 0 Å². The van der Waals surface area contributed by atoms with E-state index in [4.69, 9.17) is 0 Å². The van der Waals surface area contributed by atoms with Crippen LogP contribution in [0, 0.1) is 18.3 Å². The van der Waals surface area contributed by atoms with Gasteiger partial charge in [-0.3, -0.25) is 4.68 Å². The Labute approximate surface area is 133 Å². The van der Waals surface area contributed by atoms with Crippen molar-refractivity contribution in [2.45, 2.75) is 52.5 Å². The summed E-state index contributed by atoms with van der Waals surface area (Å²) in [5, 5.41) is 6.74. The molecule has 0 radical (unpaired) electrons. The number of hydrogen-bond acceptors (Lipinski definition) is 1. The van der Waals surface area contributed by atoms with Crippen LogP contribution in [0.3, 0.4) is 0 Å². The van der Waals surface area contributed by atoms with Crippen molar-refractivity contribution < 1.29 is 0 Å². The zero-order valence-electron chi connectivity index (χ0n) is 12.0. The van der Waals surface area contributed by atoms with Gasteiger partial charge in [0.15, 0.2) is 0 Å². The number of hydrogen-bond donors (Lipinski definition) is 0. The highest BCUT2D eigenvalue weighted by Crippen LogP contribution is 2.44. The predicted molar refractivity (Wildman–Crippen MR) is 88.3 cm³/mol. The Hall–Kier alpha value is 0.170. The quantitative estimate of drug-likeness (QED) is 0.641. The maximum absolute atomic E-state index is 4.59. The van der Waals surface area contributed by atoms with Crippen molar-refractivity contribution in [3.05, 3.63) is 17.5 Å². The van der Waals surface area contributed by atoms with Crippen LogP contribution in [-0.2, 0) is 13.0 Å². The minimum Gasteiger partial charge on any atom is -0.270 e. The number of aryl methyl sites for hydroxylation is 2. The van der Waals surface area contributed by atoms with Crippen molar-refractivity contribution in [2.24, 2.45) is 11.3 Å². The predicted octanol–water partition coefficient (Wildman–Crippen LogP) is 4.72. The van der Waals surface area contributed by atoms with E-state index in [-0.39, 0.29) is 0 Å². The molecular formula is C15H24Br2N2. The normalized spacial score (nSPS) is 17.3. The number of halogens is 2. The SMILES string of the molecule is CCn1nc(C)cc1CC(CBr)(CBr)C1CCCC1. The van der Waals surface area contributed by atoms with Crippen molar-refractivity contribution in [3.8, 4) is 0 Å². The first-order chi connectivity index (χ1) is 9.15. The van der Waals surface area contributed by atoms with Crippen molar-refractivity contribution in [1.82, 2.24) is 9.78 Å². The Morgan fingerprint density at radius 1 is 1.32 bits per heavy atom. The lowest BCUT2D eigenvalue weighted by Crippen LogP contribution is -2.36. The van der Waals surface area contributed by atoms with Gasteiger partial charge in [-0.05, 0) is 50.5 Å². The Morgan fingerprint density at radius 2 is 1.95 bits per heavy atom. The molecule has 0 unspecified atom stereocenters. The average molecular weight is 392 g/mol. The Kier molecular flexibility index (Phi) is 5.53. The second-order valence-corrected chi connectivity index (χ2v) is 7.00. The molecule has 2 nitrogen and oxygen atoms in total. The monoisotopic (exact) mass is 390 g/mol. The summed E-state index contributed by atoms with van der Waals surface area (Å²) in [4.78, 5) is 0. The molecule has 108 valence electrons. The number of rotatable bonds is 6. The number of nitrogens with zero attached hydrogens (tertiary/aromatic N) is 2. The molecular weight excluding hydrogens is 368 g/mol. The van der Waals surface area contributed by atoms with Crippen LogP contribution in [0.25, 0.3) is 0 Å². The fourth-order valence-electron chi connectivity index (χ4n) is 3.41. The van der Waals surface area contributed by atoms with Crippen LogP contribution in [0.1, 0.15) is 44.0 Å². The van der Waals surface area contributed by atoms with Gasteiger partial charge in [-0.1, -0.05) is 44.7 Å². The molecule has 0 aromatic carbocycles. The smallest absolute Gasteiger partial charge is 0.0596 e. The molecule has 0 N–H and O–H groups in total. The van der Waals surface area contributed by atoms with E-state index in [0.717, 1.165) is 35.2 Å². The molecule has 1 aliphatic carbocycles. The van der Waals surface area contributed by atoms with E-state index in [1.54, 1.807) is 0 Å². The standard InChI is InChI=1S/C15H24Br2N2/c1-3-19-14(8-12(2)18-19)9-15(10-16,11-17)13-6-4-5-7-13/h8,13H,3-7,9-11H2,1-2H3. The zero-order chi connectivity index (χ0) is 13.9. The van der Waals surface area contributed by atoms with Crippen LogP contribution in [0.5, 0.6) is 0 Å². The molecule has 1 aromatic rings. The first-order valence-electron chi connectivity index (χ1n) is 7.30. The summed E-state index contributed by atoms with van der Waals surface area (Å²) < 4.78 is 2.17. The molecule has 2 rings (SSSR count). The zero-order valence-corrected chi connectivity index (χ0v) is 15.1. The number of aromatic nitrogens is 2. The lowest BCUT2D eigenvalue weighted by atomic mass is 9.74. The summed E-state index contributed by atoms with van der Waals surface area (Å²) in [5.41, 5.74) is 2.88. The van der Waals surface area contributed by atoms with E-state index >= 15 is 0 Å². The van der Waals surface area contributed by atoms with E-state index in [9.17, 15) is 0 Å². The first-order valence-corrected chi connectivity index (χ1v) is 9.54. The topological polar surface area (TPSA) is 17.8 Å². The molecule has 19 heavy (non-hydrogen) atoms. The summed E-state index contributed by atoms with van der Waals surface area (Å²) in [6, 6.07) is 2.26. The van der Waals surface area contributed by atoms with Gasteiger partial charge in [0.1, 0.15) is 0 Å². The summed E-state index contributed by atoms with van der Waals surface area (Å²) in [6.07, 6.45) is 6.70. The highest BCUT2D eigenvalue weighted by molar-refractivity contribution is 9.09. The van der Waals surface area contributed by atoms with E-state index in [1.165, 1.54) is 31.4 Å². The van der Waals surface area contributed by atoms with E-state index in [0.29, 0.717) is 5.41 Å². The highest BCUT2D eigenvalue weighted by Gasteiger charge is 2.39. The van der Waals surface area contributed by atoms with Gasteiger partial charge in [0.2, 0.25) is 0 Å². The van der Waals surface area contributed by atoms with Crippen molar-refractivity contribution in [2.75, 3.05) is 10.7 Å². The van der Waals surface area contributed by atoms with Crippen LogP contribution < -0.4 is 0 Å². The third-order valence-corrected chi connectivity index (χ3v) is 6.81. The van der Waals surface area contributed by atoms with Gasteiger partial charge in [0.05, 0.1) is 5.69 Å². The largest absolute Gasteiger partial charge is 0.270 e. The maximum Gasteiger partial charge on any atom is 0.0596 e. The first kappa shape index (κ1) is 15.6. The molecule has 1 fully saturated rings. The number of alkyl halides is 2. The lowest BCUT2D eigenvalue weighted by Gasteiger charge is -2.36. The van der Waals surface area contributed by atoms with Crippen molar-refractivity contribution >= 4 is 31.9 Å². The molecule has 0 amide bonds. The Morgan fingerprint density at radius 3 is 2.47 bits per heavy atom. The third-order valence-electron chi connectivity index (χ3n) is 4.57. The highest BCUT2D eigenvalue weighted by atomic mass is 79.9. The van der Waals surface area contributed by atoms with Gasteiger partial charge in [-0.15, -0.1) is 0 Å². The summed E-state index contributed by atoms with van der Waals surface area (Å²) >= 11 is 7.59. The van der Waals surface area contributed by atoms with Gasteiger partial charge >= 0.3 is 0 Å². The molecule has 0 spiro atoms. The van der Waals surface area contributed by atoms with Crippen LogP contribution >= 0.6 is 31.9 Å². The Bertz CT molecular complexity index is 404. The third kappa shape index (κ3) is 3.26. The maximum atomic E-state index is 4.59. The van der Waals surface area contributed by atoms with Crippen LogP contribution in [-0.4, -0.2) is 20.4 Å². The molecule has 4 heteroatoms. The summed E-state index contributed by atoms with van der Waals surface area (Å²) in [6.45, 7) is 5.24.